The van der Waals surface area contributed by atoms with Gasteiger partial charge in [0.15, 0.2) is 0 Å². The zero-order chi connectivity index (χ0) is 15.4. The lowest BCUT2D eigenvalue weighted by molar-refractivity contribution is 0.857. The average Bonchev–Trinajstić information content (AvgIpc) is 2.48. The van der Waals surface area contributed by atoms with Crippen LogP contribution in [0.15, 0.2) is 54.9 Å². The van der Waals surface area contributed by atoms with E-state index in [4.69, 9.17) is 5.73 Å². The Labute approximate surface area is 115 Å². The molecule has 106 valence electrons. The first-order valence-corrected chi connectivity index (χ1v) is 6.43. The monoisotopic (exact) mass is 252 g/mol. The molecule has 0 fully saturated rings. The maximum Gasteiger partial charge on any atom is 0.0397 e. The van der Waals surface area contributed by atoms with E-state index in [1.807, 2.05) is 47.6 Å². The van der Waals surface area contributed by atoms with Gasteiger partial charge in [0, 0.05) is 17.8 Å². The van der Waals surface area contributed by atoms with Crippen LogP contribution in [0.25, 0.3) is 0 Å². The molecule has 0 aliphatic heterocycles. The summed E-state index contributed by atoms with van der Waals surface area (Å²) in [6.45, 7) is 22.7. The van der Waals surface area contributed by atoms with Gasteiger partial charge in [0.2, 0.25) is 0 Å². The summed E-state index contributed by atoms with van der Waals surface area (Å²) in [5.41, 5.74) is 5.66. The van der Waals surface area contributed by atoms with Crippen LogP contribution in [-0.4, -0.2) is 6.21 Å². The summed E-state index contributed by atoms with van der Waals surface area (Å²) in [6.07, 6.45) is 8.34. The minimum Gasteiger partial charge on any atom is -0.405 e. The zero-order valence-electron chi connectivity index (χ0n) is 13.1. The first-order chi connectivity index (χ1) is 8.63. The van der Waals surface area contributed by atoms with Gasteiger partial charge in [-0.2, -0.15) is 0 Å². The Kier molecular flexibility index (Phi) is 41.5. The fourth-order valence-electron chi connectivity index (χ4n) is 0.402. The third-order valence-corrected chi connectivity index (χ3v) is 1.42. The van der Waals surface area contributed by atoms with Crippen molar-refractivity contribution in [3.05, 3.63) is 49.9 Å². The van der Waals surface area contributed by atoms with Crippen LogP contribution in [0.3, 0.4) is 0 Å². The summed E-state index contributed by atoms with van der Waals surface area (Å²) in [5.74, 6) is 0.246. The summed E-state index contributed by atoms with van der Waals surface area (Å²) in [5, 5.41) is 0. The van der Waals surface area contributed by atoms with Crippen molar-refractivity contribution in [1.82, 2.24) is 0 Å². The van der Waals surface area contributed by atoms with Crippen molar-refractivity contribution in [3.8, 4) is 0 Å². The summed E-state index contributed by atoms with van der Waals surface area (Å²) < 4.78 is 0. The Morgan fingerprint density at radius 2 is 1.56 bits per heavy atom. The van der Waals surface area contributed by atoms with Crippen molar-refractivity contribution in [1.29, 1.82) is 0 Å². The quantitative estimate of drug-likeness (QED) is 0.548. The van der Waals surface area contributed by atoms with Crippen molar-refractivity contribution < 1.29 is 0 Å². The molecule has 0 aromatic carbocycles. The Balaban J connectivity index is -0.000000102. The normalized spacial score (nSPS) is 9.89. The predicted octanol–water partition coefficient (Wildman–Crippen LogP) is 5.11. The summed E-state index contributed by atoms with van der Waals surface area (Å²) >= 11 is 0. The van der Waals surface area contributed by atoms with E-state index < -0.39 is 0 Å². The smallest absolute Gasteiger partial charge is 0.0397 e. The number of rotatable bonds is 4. The topological polar surface area (TPSA) is 38.4 Å². The molecular weight excluding hydrogens is 220 g/mol. The van der Waals surface area contributed by atoms with Crippen LogP contribution >= 0.6 is 0 Å². The second-order valence-electron chi connectivity index (χ2n) is 2.56. The van der Waals surface area contributed by atoms with Crippen molar-refractivity contribution in [2.75, 3.05) is 0 Å². The SMILES string of the molecule is C/C=C\N.C=CC=NC(=C)C(C)C=C.CC.CC. The van der Waals surface area contributed by atoms with Gasteiger partial charge >= 0.3 is 0 Å². The van der Waals surface area contributed by atoms with Crippen LogP contribution in [-0.2, 0) is 0 Å². The van der Waals surface area contributed by atoms with Gasteiger partial charge in [0.05, 0.1) is 0 Å². The van der Waals surface area contributed by atoms with Gasteiger partial charge in [0.1, 0.15) is 0 Å². The van der Waals surface area contributed by atoms with Crippen LogP contribution in [0, 0.1) is 5.92 Å². The molecule has 0 heterocycles. The molecule has 2 heteroatoms. The Bertz CT molecular complexity index is 221. The molecule has 0 aromatic heterocycles. The number of hydrogen-bond donors (Lipinski definition) is 1. The van der Waals surface area contributed by atoms with E-state index in [0.717, 1.165) is 5.70 Å². The molecule has 1 atom stereocenters. The third-order valence-electron chi connectivity index (χ3n) is 1.42. The highest BCUT2D eigenvalue weighted by Gasteiger charge is 1.96. The number of hydrogen-bond acceptors (Lipinski definition) is 2. The van der Waals surface area contributed by atoms with Gasteiger partial charge in [-0.25, -0.2) is 0 Å². The number of nitrogens with zero attached hydrogens (tertiary/aromatic N) is 1. The predicted molar refractivity (Wildman–Crippen MR) is 88.9 cm³/mol. The lowest BCUT2D eigenvalue weighted by Crippen LogP contribution is -1.89. The van der Waals surface area contributed by atoms with Gasteiger partial charge in [-0.05, 0) is 13.1 Å². The molecule has 0 saturated heterocycles. The largest absolute Gasteiger partial charge is 0.405 e. The molecule has 0 aliphatic rings. The van der Waals surface area contributed by atoms with Crippen molar-refractivity contribution in [2.45, 2.75) is 41.5 Å². The summed E-state index contributed by atoms with van der Waals surface area (Å²) in [7, 11) is 0. The second kappa shape index (κ2) is 29.5. The third kappa shape index (κ3) is 29.3. The standard InChI is InChI=1S/C9H13N.C3H7N.2C2H6/c1-5-7-10-9(4)8(3)6-2;1-2-3-4;2*1-2/h5-8H,1-2,4H2,3H3;2-3H,4H2,1H3;2*1-2H3/b;3-2-;;. The molecule has 18 heavy (non-hydrogen) atoms. The van der Waals surface area contributed by atoms with E-state index in [-0.39, 0.29) is 5.92 Å². The second-order valence-corrected chi connectivity index (χ2v) is 2.56. The Hall–Kier alpha value is -1.57. The van der Waals surface area contributed by atoms with E-state index in [1.54, 1.807) is 18.4 Å². The Morgan fingerprint density at radius 3 is 1.78 bits per heavy atom. The summed E-state index contributed by atoms with van der Waals surface area (Å²) in [4.78, 5) is 4.00. The van der Waals surface area contributed by atoms with Crippen LogP contribution in [0.5, 0.6) is 0 Å². The van der Waals surface area contributed by atoms with E-state index in [1.165, 1.54) is 6.20 Å². The van der Waals surface area contributed by atoms with Gasteiger partial charge in [-0.1, -0.05) is 66.0 Å². The van der Waals surface area contributed by atoms with Gasteiger partial charge < -0.3 is 5.73 Å². The molecule has 0 bridgehead atoms. The van der Waals surface area contributed by atoms with Gasteiger partial charge in [0.25, 0.3) is 0 Å². The van der Waals surface area contributed by atoms with Crippen molar-refractivity contribution in [3.63, 3.8) is 0 Å². The molecular formula is C16H32N2. The number of allylic oxidation sites excluding steroid dienone is 3. The van der Waals surface area contributed by atoms with Crippen LogP contribution in [0.2, 0.25) is 0 Å². The maximum atomic E-state index is 4.85. The summed E-state index contributed by atoms with van der Waals surface area (Å²) in [6, 6.07) is 0. The molecule has 2 nitrogen and oxygen atoms in total. The highest BCUT2D eigenvalue weighted by Crippen LogP contribution is 2.08. The molecule has 0 aromatic rings. The van der Waals surface area contributed by atoms with Crippen molar-refractivity contribution >= 4 is 6.21 Å². The fourth-order valence-corrected chi connectivity index (χ4v) is 0.402. The van der Waals surface area contributed by atoms with Gasteiger partial charge in [-0.15, -0.1) is 6.58 Å². The molecule has 2 N–H and O–H groups in total. The number of aliphatic imine (C=N–C) groups is 1. The average molecular weight is 252 g/mol. The zero-order valence-corrected chi connectivity index (χ0v) is 13.1. The van der Waals surface area contributed by atoms with E-state index in [2.05, 4.69) is 24.7 Å². The number of nitrogens with two attached hydrogens (primary N) is 1. The van der Waals surface area contributed by atoms with E-state index in [9.17, 15) is 0 Å². The first kappa shape index (κ1) is 25.3. The fraction of sp³-hybridized carbons (Fsp3) is 0.438. The minimum absolute atomic E-state index is 0.246. The molecule has 0 aliphatic carbocycles. The maximum absolute atomic E-state index is 4.85. The van der Waals surface area contributed by atoms with E-state index in [0.29, 0.717) is 0 Å². The first-order valence-electron chi connectivity index (χ1n) is 6.43. The van der Waals surface area contributed by atoms with Crippen LogP contribution in [0.4, 0.5) is 0 Å². The minimum atomic E-state index is 0.246. The Morgan fingerprint density at radius 1 is 1.17 bits per heavy atom. The van der Waals surface area contributed by atoms with Crippen LogP contribution < -0.4 is 5.73 Å². The highest BCUT2D eigenvalue weighted by atomic mass is 14.7. The van der Waals surface area contributed by atoms with Crippen LogP contribution in [0.1, 0.15) is 41.5 Å². The van der Waals surface area contributed by atoms with Crippen molar-refractivity contribution in [2.24, 2.45) is 16.6 Å². The molecule has 1 unspecified atom stereocenters. The molecule has 0 rings (SSSR count). The highest BCUT2D eigenvalue weighted by molar-refractivity contribution is 5.71. The lowest BCUT2D eigenvalue weighted by Gasteiger charge is -2.01. The molecule has 0 spiro atoms. The molecule has 0 radical (unpaired) electrons. The van der Waals surface area contributed by atoms with Gasteiger partial charge in [-0.3, -0.25) is 4.99 Å². The molecule has 0 amide bonds. The van der Waals surface area contributed by atoms with E-state index >= 15 is 0 Å². The molecule has 0 saturated carbocycles. The lowest BCUT2D eigenvalue weighted by atomic mass is 10.1.